The Morgan fingerprint density at radius 3 is 2.35 bits per heavy atom. The molecule has 0 bridgehead atoms. The van der Waals surface area contributed by atoms with E-state index >= 15 is 0 Å². The van der Waals surface area contributed by atoms with Gasteiger partial charge in [-0.05, 0) is 17.5 Å². The smallest absolute Gasteiger partial charge is 0.404 e. The molecule has 3 heterocycles. The number of hydrogen-bond donors (Lipinski definition) is 3. The Hall–Kier alpha value is -3.53. The van der Waals surface area contributed by atoms with Crippen LogP contribution in [0.4, 0.5) is 18.0 Å². The number of aliphatic hydroxyl groups is 2. The average Bonchev–Trinajstić information content (AvgIpc) is 3.60. The normalized spacial score (nSPS) is 23.7. The molecule has 1 aromatic carbocycles. The van der Waals surface area contributed by atoms with E-state index in [1.165, 1.54) is 18.0 Å². The van der Waals surface area contributed by atoms with Crippen LogP contribution < -0.4 is 5.73 Å². The minimum Gasteiger partial charge on any atom is -0.445 e. The fourth-order valence-electron chi connectivity index (χ4n) is 5.76. The molecule has 12 nitrogen and oxygen atoms in total. The number of halogens is 3. The molecule has 3 aromatic rings. The zero-order valence-electron chi connectivity index (χ0n) is 24.6. The Balaban J connectivity index is 1.62. The second-order valence-electron chi connectivity index (χ2n) is 12.2. The molecule has 0 saturated carbocycles. The zero-order valence-corrected chi connectivity index (χ0v) is 24.6. The monoisotopic (exact) mass is 611 g/mol. The van der Waals surface area contributed by atoms with Crippen molar-refractivity contribution in [1.29, 1.82) is 0 Å². The molecule has 1 amide bonds. The number of amides is 1. The predicted octanol–water partition coefficient (Wildman–Crippen LogP) is 3.06. The van der Waals surface area contributed by atoms with Crippen LogP contribution >= 0.6 is 0 Å². The first-order valence-corrected chi connectivity index (χ1v) is 13.5. The molecule has 1 aliphatic rings. The molecule has 0 radical (unpaired) electrons. The van der Waals surface area contributed by atoms with Crippen LogP contribution in [0.2, 0.25) is 0 Å². The highest BCUT2D eigenvalue weighted by Gasteiger charge is 2.48. The van der Waals surface area contributed by atoms with Gasteiger partial charge in [-0.1, -0.05) is 45.0 Å². The van der Waals surface area contributed by atoms with Crippen molar-refractivity contribution in [2.45, 2.75) is 83.0 Å². The number of aliphatic hydroxyl groups excluding tert-OH is 2. The standard InChI is InChI=1S/C28H36F3N5O7/c1-27(2,3)25(42-26(32)39)28(4,5)20-10-14(43-34-20)9-18-24(40-6)22(23(38)19(12-37)41-18)36-11-17(33-35-36)13-7-15(29)21(31)16(30)8-13/h7-8,10-11,18-19,22-25,37-38H,9,12H2,1-6H3,(H2,32,39)/t18-,19-,22+,23+,24+,25?/m1/s1. The van der Waals surface area contributed by atoms with Crippen LogP contribution in [0.5, 0.6) is 0 Å². The number of rotatable bonds is 9. The Morgan fingerprint density at radius 2 is 1.79 bits per heavy atom. The van der Waals surface area contributed by atoms with Gasteiger partial charge in [0.05, 0.1) is 24.6 Å². The van der Waals surface area contributed by atoms with Crippen LogP contribution in [0.3, 0.4) is 0 Å². The fourth-order valence-corrected chi connectivity index (χ4v) is 5.76. The molecule has 4 N–H and O–H groups in total. The Morgan fingerprint density at radius 1 is 1.14 bits per heavy atom. The van der Waals surface area contributed by atoms with E-state index in [0.29, 0.717) is 11.5 Å². The van der Waals surface area contributed by atoms with Crippen LogP contribution in [0.15, 0.2) is 28.9 Å². The van der Waals surface area contributed by atoms with Crippen LogP contribution in [0.1, 0.15) is 52.1 Å². The van der Waals surface area contributed by atoms with Gasteiger partial charge in [0.15, 0.2) is 17.5 Å². The molecule has 6 atom stereocenters. The topological polar surface area (TPSA) is 168 Å². The second-order valence-corrected chi connectivity index (χ2v) is 12.2. The van der Waals surface area contributed by atoms with E-state index < -0.39 is 77.5 Å². The van der Waals surface area contributed by atoms with Crippen LogP contribution in [0.25, 0.3) is 11.3 Å². The van der Waals surface area contributed by atoms with Gasteiger partial charge >= 0.3 is 6.09 Å². The summed E-state index contributed by atoms with van der Waals surface area (Å²) in [6.07, 6.45) is -4.23. The minimum absolute atomic E-state index is 0.0112. The molecule has 0 aliphatic carbocycles. The summed E-state index contributed by atoms with van der Waals surface area (Å²) in [5.74, 6) is -4.02. The zero-order chi connectivity index (χ0) is 31.9. The highest BCUT2D eigenvalue weighted by Crippen LogP contribution is 2.40. The van der Waals surface area contributed by atoms with E-state index in [4.69, 9.17) is 24.5 Å². The summed E-state index contributed by atoms with van der Waals surface area (Å²) in [4.78, 5) is 11.7. The van der Waals surface area contributed by atoms with Crippen molar-refractivity contribution in [2.24, 2.45) is 11.1 Å². The number of benzene rings is 1. The first-order chi connectivity index (χ1) is 20.1. The molecule has 0 spiro atoms. The summed E-state index contributed by atoms with van der Waals surface area (Å²) < 4.78 is 65.2. The lowest BCUT2D eigenvalue weighted by Gasteiger charge is -2.43. The van der Waals surface area contributed by atoms with Gasteiger partial charge in [0, 0.05) is 30.6 Å². The minimum atomic E-state index is -1.61. The van der Waals surface area contributed by atoms with Crippen molar-refractivity contribution in [3.05, 3.63) is 53.3 Å². The maximum Gasteiger partial charge on any atom is 0.404 e. The van der Waals surface area contributed by atoms with Gasteiger partial charge in [0.25, 0.3) is 0 Å². The third-order valence-corrected chi connectivity index (χ3v) is 7.63. The highest BCUT2D eigenvalue weighted by atomic mass is 19.2. The van der Waals surface area contributed by atoms with Crippen LogP contribution in [-0.4, -0.2) is 80.7 Å². The van der Waals surface area contributed by atoms with E-state index in [-0.39, 0.29) is 17.7 Å². The van der Waals surface area contributed by atoms with Crippen LogP contribution in [0, 0.1) is 22.9 Å². The summed E-state index contributed by atoms with van der Waals surface area (Å²) in [7, 11) is 1.40. The third kappa shape index (κ3) is 6.54. The largest absolute Gasteiger partial charge is 0.445 e. The number of nitrogens with zero attached hydrogens (tertiary/aromatic N) is 4. The van der Waals surface area contributed by atoms with Gasteiger partial charge in [-0.15, -0.1) is 5.10 Å². The molecule has 1 fully saturated rings. The molecule has 1 unspecified atom stereocenters. The number of hydrogen-bond acceptors (Lipinski definition) is 10. The summed E-state index contributed by atoms with van der Waals surface area (Å²) >= 11 is 0. The molecular formula is C28H36F3N5O7. The number of nitrogens with two attached hydrogens (primary N) is 1. The lowest BCUT2D eigenvalue weighted by atomic mass is 9.71. The maximum absolute atomic E-state index is 13.8. The maximum atomic E-state index is 13.8. The van der Waals surface area contributed by atoms with Gasteiger partial charge in [-0.3, -0.25) is 0 Å². The number of methoxy groups -OCH3 is 1. The first-order valence-electron chi connectivity index (χ1n) is 13.5. The van der Waals surface area contributed by atoms with Crippen molar-refractivity contribution in [3.63, 3.8) is 0 Å². The van der Waals surface area contributed by atoms with E-state index in [1.807, 2.05) is 34.6 Å². The molecule has 1 aliphatic heterocycles. The average molecular weight is 612 g/mol. The van der Waals surface area contributed by atoms with E-state index in [2.05, 4.69) is 15.5 Å². The number of carbonyl (C=O) groups excluding carboxylic acids is 1. The first kappa shape index (κ1) is 32.4. The van der Waals surface area contributed by atoms with E-state index in [9.17, 15) is 28.2 Å². The third-order valence-electron chi connectivity index (χ3n) is 7.63. The van der Waals surface area contributed by atoms with E-state index in [1.54, 1.807) is 6.07 Å². The molecule has 15 heteroatoms. The van der Waals surface area contributed by atoms with Gasteiger partial charge in [0.2, 0.25) is 0 Å². The second kappa shape index (κ2) is 12.2. The van der Waals surface area contributed by atoms with E-state index in [0.717, 1.165) is 12.1 Å². The Kier molecular flexibility index (Phi) is 9.21. The summed E-state index contributed by atoms with van der Waals surface area (Å²) in [6, 6.07) is 2.29. The summed E-state index contributed by atoms with van der Waals surface area (Å²) in [5.41, 5.74) is 4.46. The van der Waals surface area contributed by atoms with Gasteiger partial charge in [0.1, 0.15) is 41.9 Å². The highest BCUT2D eigenvalue weighted by molar-refractivity contribution is 5.65. The van der Waals surface area contributed by atoms with Crippen LogP contribution in [-0.2, 0) is 26.0 Å². The van der Waals surface area contributed by atoms with Crippen molar-refractivity contribution >= 4 is 6.09 Å². The Bertz CT molecular complexity index is 1420. The molecule has 43 heavy (non-hydrogen) atoms. The van der Waals surface area contributed by atoms with Gasteiger partial charge in [-0.2, -0.15) is 0 Å². The molecular weight excluding hydrogens is 575 g/mol. The summed E-state index contributed by atoms with van der Waals surface area (Å²) in [6.45, 7) is 8.85. The van der Waals surface area contributed by atoms with Crippen molar-refractivity contribution in [3.8, 4) is 11.3 Å². The SMILES string of the molecule is CO[C@@H]1[C@@H](n2cc(-c3cc(F)c(F)c(F)c3)nn2)[C@@H](O)[C@@H](CO)O[C@@H]1Cc1cc(C(C)(C)C(OC(N)=O)C(C)(C)C)no1. The molecule has 236 valence electrons. The number of carbonyl (C=O) groups is 1. The quantitative estimate of drug-likeness (QED) is 0.306. The van der Waals surface area contributed by atoms with Crippen molar-refractivity contribution < 1.29 is 46.9 Å². The Labute approximate surface area is 245 Å². The fraction of sp³-hybridized carbons (Fsp3) is 0.571. The van der Waals surface area contributed by atoms with Crippen molar-refractivity contribution in [1.82, 2.24) is 20.2 Å². The molecule has 1 saturated heterocycles. The number of aromatic nitrogens is 4. The lowest BCUT2D eigenvalue weighted by Crippen LogP contribution is -2.57. The number of primary amides is 1. The van der Waals surface area contributed by atoms with Gasteiger partial charge in [-0.25, -0.2) is 22.6 Å². The van der Waals surface area contributed by atoms with Gasteiger partial charge < -0.3 is 34.7 Å². The summed E-state index contributed by atoms with van der Waals surface area (Å²) in [5, 5.41) is 33.2. The number of ether oxygens (including phenoxy) is 3. The van der Waals surface area contributed by atoms with Crippen molar-refractivity contribution in [2.75, 3.05) is 13.7 Å². The molecule has 2 aromatic heterocycles. The lowest BCUT2D eigenvalue weighted by molar-refractivity contribution is -0.212. The molecule has 4 rings (SSSR count). The predicted molar refractivity (Wildman–Crippen MR) is 144 cm³/mol.